The summed E-state index contributed by atoms with van der Waals surface area (Å²) < 4.78 is 18.6. The van der Waals surface area contributed by atoms with Crippen molar-refractivity contribution in [2.45, 2.75) is 6.92 Å². The molecule has 0 saturated heterocycles. The topological polar surface area (TPSA) is 9.23 Å². The van der Waals surface area contributed by atoms with Crippen LogP contribution in [0.4, 0.5) is 4.39 Å². The van der Waals surface area contributed by atoms with Crippen LogP contribution in [0.15, 0.2) is 42.5 Å². The van der Waals surface area contributed by atoms with E-state index in [0.29, 0.717) is 11.5 Å². The molecule has 82 valence electrons. The molecule has 16 heavy (non-hydrogen) atoms. The number of ether oxygens (including phenoxy) is 1. The molecule has 0 heterocycles. The Morgan fingerprint density at radius 2 is 1.81 bits per heavy atom. The highest BCUT2D eigenvalue weighted by Gasteiger charge is 2.02. The Balaban J connectivity index is 2.24. The maximum absolute atomic E-state index is 13.1. The highest BCUT2D eigenvalue weighted by molar-refractivity contribution is 6.30. The third-order valence-electron chi connectivity index (χ3n) is 2.12. The number of halogens is 2. The molecule has 0 radical (unpaired) electrons. The van der Waals surface area contributed by atoms with Gasteiger partial charge in [-0.1, -0.05) is 23.7 Å². The summed E-state index contributed by atoms with van der Waals surface area (Å²) in [4.78, 5) is 0. The van der Waals surface area contributed by atoms with Gasteiger partial charge in [0.1, 0.15) is 17.3 Å². The first kappa shape index (κ1) is 11.0. The molecule has 0 saturated carbocycles. The molecule has 0 atom stereocenters. The van der Waals surface area contributed by atoms with Crippen LogP contribution in [0.5, 0.6) is 11.5 Å². The molecule has 0 unspecified atom stereocenters. The molecule has 2 rings (SSSR count). The van der Waals surface area contributed by atoms with Crippen molar-refractivity contribution in [1.82, 2.24) is 0 Å². The molecule has 3 heteroatoms. The first-order chi connectivity index (χ1) is 7.65. The zero-order chi connectivity index (χ0) is 11.5. The molecule has 0 amide bonds. The number of rotatable bonds is 2. The molecule has 0 spiro atoms. The molecule has 0 aliphatic rings. The van der Waals surface area contributed by atoms with E-state index in [1.54, 1.807) is 6.07 Å². The molecule has 0 bridgehead atoms. The Bertz CT molecular complexity index is 511. The van der Waals surface area contributed by atoms with Gasteiger partial charge in [0.15, 0.2) is 0 Å². The summed E-state index contributed by atoms with van der Waals surface area (Å²) in [5.41, 5.74) is 1.09. The van der Waals surface area contributed by atoms with Gasteiger partial charge in [-0.3, -0.25) is 0 Å². The van der Waals surface area contributed by atoms with Gasteiger partial charge in [-0.2, -0.15) is 0 Å². The van der Waals surface area contributed by atoms with Crippen molar-refractivity contribution in [3.05, 3.63) is 58.9 Å². The second-order valence-corrected chi connectivity index (χ2v) is 3.90. The van der Waals surface area contributed by atoms with Crippen LogP contribution in [-0.4, -0.2) is 0 Å². The van der Waals surface area contributed by atoms with E-state index in [1.165, 1.54) is 12.1 Å². The summed E-state index contributed by atoms with van der Waals surface area (Å²) in [5.74, 6) is 0.640. The summed E-state index contributed by atoms with van der Waals surface area (Å²) in [5, 5.41) is 0.0941. The van der Waals surface area contributed by atoms with Crippen molar-refractivity contribution in [2.75, 3.05) is 0 Å². The average molecular weight is 237 g/mol. The highest BCUT2D eigenvalue weighted by atomic mass is 35.5. The third-order valence-corrected chi connectivity index (χ3v) is 2.42. The molecule has 0 fully saturated rings. The monoisotopic (exact) mass is 236 g/mol. The van der Waals surface area contributed by atoms with Gasteiger partial charge in [0.25, 0.3) is 0 Å². The molecule has 2 aromatic rings. The van der Waals surface area contributed by atoms with Gasteiger partial charge in [0, 0.05) is 6.07 Å². The summed E-state index contributed by atoms with van der Waals surface area (Å²) in [7, 11) is 0. The van der Waals surface area contributed by atoms with E-state index in [0.717, 1.165) is 5.56 Å². The second-order valence-electron chi connectivity index (χ2n) is 3.49. The van der Waals surface area contributed by atoms with Crippen LogP contribution in [0.2, 0.25) is 5.02 Å². The zero-order valence-corrected chi connectivity index (χ0v) is 9.46. The van der Waals surface area contributed by atoms with Gasteiger partial charge < -0.3 is 4.74 Å². The van der Waals surface area contributed by atoms with Crippen LogP contribution in [0.3, 0.4) is 0 Å². The van der Waals surface area contributed by atoms with Crippen LogP contribution in [0, 0.1) is 12.7 Å². The van der Waals surface area contributed by atoms with Crippen molar-refractivity contribution in [3.63, 3.8) is 0 Å². The lowest BCUT2D eigenvalue weighted by Gasteiger charge is -2.06. The van der Waals surface area contributed by atoms with Crippen molar-refractivity contribution in [3.8, 4) is 11.5 Å². The van der Waals surface area contributed by atoms with Crippen molar-refractivity contribution < 1.29 is 9.13 Å². The van der Waals surface area contributed by atoms with Crippen molar-refractivity contribution in [2.24, 2.45) is 0 Å². The van der Waals surface area contributed by atoms with E-state index in [-0.39, 0.29) is 5.02 Å². The van der Waals surface area contributed by atoms with E-state index in [2.05, 4.69) is 0 Å². The van der Waals surface area contributed by atoms with Gasteiger partial charge >= 0.3 is 0 Å². The second kappa shape index (κ2) is 4.54. The van der Waals surface area contributed by atoms with E-state index >= 15 is 0 Å². The van der Waals surface area contributed by atoms with Crippen LogP contribution >= 0.6 is 11.6 Å². The molecule has 0 aromatic heterocycles. The molecular formula is C13H10ClFO. The minimum Gasteiger partial charge on any atom is -0.457 e. The fraction of sp³-hybridized carbons (Fsp3) is 0.0769. The van der Waals surface area contributed by atoms with Gasteiger partial charge in [-0.15, -0.1) is 0 Å². The smallest absolute Gasteiger partial charge is 0.145 e. The lowest BCUT2D eigenvalue weighted by atomic mass is 10.2. The molecule has 2 aromatic carbocycles. The average Bonchev–Trinajstić information content (AvgIpc) is 2.24. The van der Waals surface area contributed by atoms with Crippen LogP contribution in [-0.2, 0) is 0 Å². The van der Waals surface area contributed by atoms with Crippen LogP contribution in [0.25, 0.3) is 0 Å². The quantitative estimate of drug-likeness (QED) is 0.742. The lowest BCUT2D eigenvalue weighted by molar-refractivity contribution is 0.476. The molecule has 1 nitrogen and oxygen atoms in total. The summed E-state index contributed by atoms with van der Waals surface area (Å²) in [6.45, 7) is 1.97. The summed E-state index contributed by atoms with van der Waals surface area (Å²) in [6, 6.07) is 11.9. The van der Waals surface area contributed by atoms with Crippen molar-refractivity contribution >= 4 is 11.6 Å². The standard InChI is InChI=1S/C13H10ClFO/c1-9-3-2-4-10(7-9)16-11-5-6-12(14)13(15)8-11/h2-8H,1H3. The Morgan fingerprint density at radius 1 is 1.06 bits per heavy atom. The Kier molecular flexibility index (Phi) is 3.11. The largest absolute Gasteiger partial charge is 0.457 e. The summed E-state index contributed by atoms with van der Waals surface area (Å²) in [6.07, 6.45) is 0. The summed E-state index contributed by atoms with van der Waals surface area (Å²) >= 11 is 5.58. The van der Waals surface area contributed by atoms with Gasteiger partial charge in [0.2, 0.25) is 0 Å². The first-order valence-electron chi connectivity index (χ1n) is 4.85. The van der Waals surface area contributed by atoms with E-state index < -0.39 is 5.82 Å². The Morgan fingerprint density at radius 3 is 2.50 bits per heavy atom. The van der Waals surface area contributed by atoms with Crippen LogP contribution < -0.4 is 4.74 Å². The SMILES string of the molecule is Cc1cccc(Oc2ccc(Cl)c(F)c2)c1. The predicted octanol–water partition coefficient (Wildman–Crippen LogP) is 4.58. The number of aryl methyl sites for hydroxylation is 1. The van der Waals surface area contributed by atoms with Gasteiger partial charge in [-0.25, -0.2) is 4.39 Å². The minimum atomic E-state index is -0.480. The number of hydrogen-bond acceptors (Lipinski definition) is 1. The maximum Gasteiger partial charge on any atom is 0.145 e. The fourth-order valence-electron chi connectivity index (χ4n) is 1.36. The van der Waals surface area contributed by atoms with Gasteiger partial charge in [0.05, 0.1) is 5.02 Å². The number of hydrogen-bond donors (Lipinski definition) is 0. The van der Waals surface area contributed by atoms with E-state index in [1.807, 2.05) is 31.2 Å². The highest BCUT2D eigenvalue weighted by Crippen LogP contribution is 2.25. The first-order valence-corrected chi connectivity index (χ1v) is 5.22. The number of benzene rings is 2. The van der Waals surface area contributed by atoms with E-state index in [4.69, 9.17) is 16.3 Å². The maximum atomic E-state index is 13.1. The zero-order valence-electron chi connectivity index (χ0n) is 8.71. The third kappa shape index (κ3) is 2.52. The van der Waals surface area contributed by atoms with Crippen molar-refractivity contribution in [1.29, 1.82) is 0 Å². The Labute approximate surface area is 98.4 Å². The lowest BCUT2D eigenvalue weighted by Crippen LogP contribution is -1.86. The normalized spacial score (nSPS) is 10.2. The van der Waals surface area contributed by atoms with E-state index in [9.17, 15) is 4.39 Å². The predicted molar refractivity (Wildman–Crippen MR) is 62.7 cm³/mol. The molecular weight excluding hydrogens is 227 g/mol. The molecule has 0 aliphatic heterocycles. The van der Waals surface area contributed by atoms with Gasteiger partial charge in [-0.05, 0) is 36.8 Å². The van der Waals surface area contributed by atoms with Crippen LogP contribution in [0.1, 0.15) is 5.56 Å². The molecule has 0 aliphatic carbocycles. The Hall–Kier alpha value is -1.54. The minimum absolute atomic E-state index is 0.0941. The fourth-order valence-corrected chi connectivity index (χ4v) is 1.47. The molecule has 0 N–H and O–H groups in total.